The maximum atomic E-state index is 13.6. The minimum Gasteiger partial charge on any atom is -0.507 e. The molecule has 1 aliphatic heterocycles. The standard InChI is InChI=1S/C33H24FN3O4S2/c1-20-10-14-22(15-11-20)29(38)27-28(23-6-5-9-26(18-23)41-25-7-3-2-4-8-25)37(31(40)30(27)39)32-35-36-33(43-32)42-19-21-12-16-24(34)17-13-21/h2-18,28,38H,19H2,1H3/b29-27-. The van der Waals surface area contributed by atoms with E-state index in [1.54, 1.807) is 48.5 Å². The Kier molecular flexibility index (Phi) is 8.04. The molecule has 0 bridgehead atoms. The van der Waals surface area contributed by atoms with Crippen molar-refractivity contribution in [2.45, 2.75) is 23.1 Å². The van der Waals surface area contributed by atoms with Crippen molar-refractivity contribution < 1.29 is 23.8 Å². The van der Waals surface area contributed by atoms with Crippen molar-refractivity contribution in [1.82, 2.24) is 10.2 Å². The van der Waals surface area contributed by atoms with Crippen molar-refractivity contribution in [2.24, 2.45) is 0 Å². The quantitative estimate of drug-likeness (QED) is 0.0634. The Morgan fingerprint density at radius 3 is 2.40 bits per heavy atom. The molecule has 43 heavy (non-hydrogen) atoms. The maximum absolute atomic E-state index is 13.6. The number of hydrogen-bond donors (Lipinski definition) is 1. The van der Waals surface area contributed by atoms with Gasteiger partial charge >= 0.3 is 5.91 Å². The molecule has 1 N–H and O–H groups in total. The molecule has 1 aliphatic rings. The summed E-state index contributed by atoms with van der Waals surface area (Å²) in [5.74, 6) is -0.601. The van der Waals surface area contributed by atoms with Crippen LogP contribution in [0.1, 0.15) is 28.3 Å². The number of hydrogen-bond acceptors (Lipinski definition) is 8. The first-order valence-corrected chi connectivity index (χ1v) is 15.1. The van der Waals surface area contributed by atoms with Gasteiger partial charge in [0.25, 0.3) is 5.78 Å². The molecular weight excluding hydrogens is 586 g/mol. The summed E-state index contributed by atoms with van der Waals surface area (Å²) in [4.78, 5) is 28.4. The third-order valence-corrected chi connectivity index (χ3v) is 8.93. The number of Topliss-reactive ketones (excluding diaryl/α,β-unsaturated/α-hetero) is 1. The summed E-state index contributed by atoms with van der Waals surface area (Å²) in [6, 6.07) is 28.6. The first-order valence-electron chi connectivity index (χ1n) is 13.3. The molecule has 214 valence electrons. The molecule has 7 nitrogen and oxygen atoms in total. The molecule has 10 heteroatoms. The van der Waals surface area contributed by atoms with Crippen LogP contribution in [0.4, 0.5) is 9.52 Å². The predicted octanol–water partition coefficient (Wildman–Crippen LogP) is 7.70. The fraction of sp³-hybridized carbons (Fsp3) is 0.0909. The Bertz CT molecular complexity index is 1820. The summed E-state index contributed by atoms with van der Waals surface area (Å²) in [7, 11) is 0. The number of ketones is 1. The normalized spacial score (nSPS) is 16.0. The monoisotopic (exact) mass is 609 g/mol. The van der Waals surface area contributed by atoms with Crippen molar-refractivity contribution in [3.8, 4) is 11.5 Å². The number of amides is 1. The van der Waals surface area contributed by atoms with Gasteiger partial charge in [0.15, 0.2) is 4.34 Å². The zero-order valence-electron chi connectivity index (χ0n) is 22.8. The Labute approximate surface area is 255 Å². The molecule has 5 aromatic rings. The topological polar surface area (TPSA) is 92.6 Å². The number of carbonyl (C=O) groups excluding carboxylic acids is 2. The molecule has 1 atom stereocenters. The summed E-state index contributed by atoms with van der Waals surface area (Å²) < 4.78 is 19.9. The summed E-state index contributed by atoms with van der Waals surface area (Å²) in [5, 5.41) is 20.1. The Morgan fingerprint density at radius 2 is 1.65 bits per heavy atom. The fourth-order valence-electron chi connectivity index (χ4n) is 4.67. The smallest absolute Gasteiger partial charge is 0.301 e. The van der Waals surface area contributed by atoms with Crippen LogP contribution in [0.2, 0.25) is 0 Å². The molecule has 0 spiro atoms. The molecule has 4 aromatic carbocycles. The van der Waals surface area contributed by atoms with Crippen molar-refractivity contribution in [3.63, 3.8) is 0 Å². The van der Waals surface area contributed by atoms with Crippen LogP contribution in [-0.4, -0.2) is 27.0 Å². The lowest BCUT2D eigenvalue weighted by molar-refractivity contribution is -0.132. The van der Waals surface area contributed by atoms with E-state index in [0.29, 0.717) is 32.7 Å². The third kappa shape index (κ3) is 6.06. The molecule has 1 aromatic heterocycles. The van der Waals surface area contributed by atoms with Crippen molar-refractivity contribution in [3.05, 3.63) is 137 Å². The average Bonchev–Trinajstić information content (AvgIpc) is 3.59. The minimum absolute atomic E-state index is 0.0542. The highest BCUT2D eigenvalue weighted by Gasteiger charge is 2.48. The molecule has 1 unspecified atom stereocenters. The fourth-order valence-corrected chi connectivity index (χ4v) is 6.49. The van der Waals surface area contributed by atoms with Gasteiger partial charge in [0.1, 0.15) is 23.1 Å². The van der Waals surface area contributed by atoms with Gasteiger partial charge in [-0.1, -0.05) is 95.4 Å². The highest BCUT2D eigenvalue weighted by molar-refractivity contribution is 8.00. The first kappa shape index (κ1) is 28.3. The van der Waals surface area contributed by atoms with Gasteiger partial charge in [0.05, 0.1) is 11.6 Å². The lowest BCUT2D eigenvalue weighted by Crippen LogP contribution is -2.29. The van der Waals surface area contributed by atoms with Gasteiger partial charge in [-0.2, -0.15) is 0 Å². The number of anilines is 1. The number of aromatic nitrogens is 2. The van der Waals surface area contributed by atoms with E-state index in [-0.39, 0.29) is 22.3 Å². The molecule has 1 fully saturated rings. The van der Waals surface area contributed by atoms with Gasteiger partial charge in [-0.15, -0.1) is 10.2 Å². The number of halogens is 1. The van der Waals surface area contributed by atoms with Crippen LogP contribution in [0.3, 0.4) is 0 Å². The van der Waals surface area contributed by atoms with E-state index < -0.39 is 17.7 Å². The van der Waals surface area contributed by atoms with E-state index in [1.807, 2.05) is 49.4 Å². The van der Waals surface area contributed by atoms with Gasteiger partial charge in [-0.25, -0.2) is 4.39 Å². The molecule has 2 heterocycles. The lowest BCUT2D eigenvalue weighted by Gasteiger charge is -2.23. The first-order chi connectivity index (χ1) is 20.9. The van der Waals surface area contributed by atoms with Crippen LogP contribution in [0, 0.1) is 12.7 Å². The minimum atomic E-state index is -0.983. The van der Waals surface area contributed by atoms with Crippen molar-refractivity contribution in [2.75, 3.05) is 4.90 Å². The number of nitrogens with zero attached hydrogens (tertiary/aromatic N) is 3. The van der Waals surface area contributed by atoms with Gasteiger partial charge in [0.2, 0.25) is 5.13 Å². The SMILES string of the molecule is Cc1ccc(/C(O)=C2/C(=O)C(=O)N(c3nnc(SCc4ccc(F)cc4)s3)C2c2cccc(Oc3ccccc3)c2)cc1. The van der Waals surface area contributed by atoms with Gasteiger partial charge in [-0.3, -0.25) is 14.5 Å². The summed E-state index contributed by atoms with van der Waals surface area (Å²) in [6.07, 6.45) is 0. The van der Waals surface area contributed by atoms with E-state index in [4.69, 9.17) is 4.74 Å². The van der Waals surface area contributed by atoms with E-state index in [2.05, 4.69) is 10.2 Å². The molecule has 0 saturated carbocycles. The number of para-hydroxylation sites is 1. The number of aliphatic hydroxyl groups excluding tert-OH is 1. The zero-order valence-corrected chi connectivity index (χ0v) is 24.4. The second-order valence-corrected chi connectivity index (χ2v) is 12.0. The molecule has 0 aliphatic carbocycles. The van der Waals surface area contributed by atoms with Crippen LogP contribution in [-0.2, 0) is 15.3 Å². The number of benzene rings is 4. The Hall–Kier alpha value is -4.80. The van der Waals surface area contributed by atoms with Crippen molar-refractivity contribution in [1.29, 1.82) is 0 Å². The van der Waals surface area contributed by atoms with Crippen molar-refractivity contribution >= 4 is 45.7 Å². The Balaban J connectivity index is 1.39. The van der Waals surface area contributed by atoms with Gasteiger partial charge < -0.3 is 9.84 Å². The number of aryl methyl sites for hydroxylation is 1. The summed E-state index contributed by atoms with van der Waals surface area (Å²) in [5.41, 5.74) is 2.80. The number of carbonyl (C=O) groups is 2. The highest BCUT2D eigenvalue weighted by Crippen LogP contribution is 2.44. The van der Waals surface area contributed by atoms with Crippen LogP contribution in [0.5, 0.6) is 11.5 Å². The second-order valence-electron chi connectivity index (χ2n) is 9.79. The molecular formula is C33H24FN3O4S2. The van der Waals surface area contributed by atoms with E-state index >= 15 is 0 Å². The van der Waals surface area contributed by atoms with Gasteiger partial charge in [0, 0.05) is 11.3 Å². The number of rotatable bonds is 8. The van der Waals surface area contributed by atoms with E-state index in [9.17, 15) is 19.1 Å². The van der Waals surface area contributed by atoms with E-state index in [1.165, 1.54) is 28.8 Å². The lowest BCUT2D eigenvalue weighted by atomic mass is 9.95. The summed E-state index contributed by atoms with van der Waals surface area (Å²) in [6.45, 7) is 1.92. The largest absolute Gasteiger partial charge is 0.507 e. The second kappa shape index (κ2) is 12.2. The van der Waals surface area contributed by atoms with Crippen LogP contribution < -0.4 is 9.64 Å². The van der Waals surface area contributed by atoms with Gasteiger partial charge in [-0.05, 0) is 54.4 Å². The Morgan fingerprint density at radius 1 is 0.930 bits per heavy atom. The van der Waals surface area contributed by atoms with Crippen LogP contribution in [0.25, 0.3) is 5.76 Å². The third-order valence-electron chi connectivity index (χ3n) is 6.80. The summed E-state index contributed by atoms with van der Waals surface area (Å²) >= 11 is 2.54. The highest BCUT2D eigenvalue weighted by atomic mass is 32.2. The predicted molar refractivity (Wildman–Crippen MR) is 165 cm³/mol. The maximum Gasteiger partial charge on any atom is 0.301 e. The van der Waals surface area contributed by atoms with E-state index in [0.717, 1.165) is 22.5 Å². The molecule has 1 saturated heterocycles. The van der Waals surface area contributed by atoms with Crippen LogP contribution in [0.15, 0.2) is 113 Å². The number of thioether (sulfide) groups is 1. The van der Waals surface area contributed by atoms with Crippen LogP contribution >= 0.6 is 23.1 Å². The number of aliphatic hydroxyl groups is 1. The number of ether oxygens (including phenoxy) is 1. The average molecular weight is 610 g/mol. The zero-order chi connectivity index (χ0) is 29.9. The molecule has 0 radical (unpaired) electrons. The molecule has 6 rings (SSSR count). The molecule has 1 amide bonds.